The average molecular weight is 332 g/mol. The molecule has 9 heteroatoms. The fourth-order valence-electron chi connectivity index (χ4n) is 2.39. The molecule has 1 atom stereocenters. The summed E-state index contributed by atoms with van der Waals surface area (Å²) in [4.78, 5) is 24.7. The van der Waals surface area contributed by atoms with E-state index >= 15 is 0 Å². The van der Waals surface area contributed by atoms with Crippen molar-refractivity contribution in [2.75, 3.05) is 18.8 Å². The number of aromatic carboxylic acids is 1. The number of hydrogen-bond acceptors (Lipinski definition) is 5. The van der Waals surface area contributed by atoms with Crippen molar-refractivity contribution < 1.29 is 23.1 Å². The predicted octanol–water partition coefficient (Wildman–Crippen LogP) is 0.126. The molecule has 116 valence electrons. The Balaban J connectivity index is 1.91. The quantitative estimate of drug-likeness (QED) is 0.794. The topological polar surface area (TPSA) is 118 Å². The van der Waals surface area contributed by atoms with E-state index in [0.29, 0.717) is 25.1 Å². The number of nitrogens with two attached hydrogens (primary N) is 1. The second kappa shape index (κ2) is 6.12. The van der Waals surface area contributed by atoms with E-state index in [1.807, 2.05) is 0 Å². The van der Waals surface area contributed by atoms with Crippen LogP contribution in [0.2, 0.25) is 0 Å². The number of sulfonamides is 1. The molecule has 1 saturated heterocycles. The van der Waals surface area contributed by atoms with Crippen molar-refractivity contribution >= 4 is 33.2 Å². The van der Waals surface area contributed by atoms with Crippen molar-refractivity contribution in [2.45, 2.75) is 12.8 Å². The summed E-state index contributed by atoms with van der Waals surface area (Å²) in [5, 5.41) is 15.5. The highest BCUT2D eigenvalue weighted by Crippen LogP contribution is 2.20. The van der Waals surface area contributed by atoms with E-state index in [9.17, 15) is 18.0 Å². The average Bonchev–Trinajstić information content (AvgIpc) is 2.96. The highest BCUT2D eigenvalue weighted by molar-refractivity contribution is 7.89. The molecule has 0 bridgehead atoms. The number of carbonyl (C=O) groups is 2. The van der Waals surface area contributed by atoms with Gasteiger partial charge in [-0.1, -0.05) is 0 Å². The molecule has 1 unspecified atom stereocenters. The summed E-state index contributed by atoms with van der Waals surface area (Å²) in [5.74, 6) is -1.37. The lowest BCUT2D eigenvalue weighted by atomic mass is 10.2. The zero-order chi connectivity index (χ0) is 15.6. The Morgan fingerprint density at radius 2 is 2.19 bits per heavy atom. The molecule has 1 aliphatic rings. The molecule has 0 spiro atoms. The largest absolute Gasteiger partial charge is 0.477 e. The smallest absolute Gasteiger partial charge is 0.345 e. The Bertz CT molecular complexity index is 652. The van der Waals surface area contributed by atoms with Crippen molar-refractivity contribution in [3.63, 3.8) is 0 Å². The maximum Gasteiger partial charge on any atom is 0.345 e. The van der Waals surface area contributed by atoms with Crippen LogP contribution in [0.1, 0.15) is 21.7 Å². The summed E-state index contributed by atoms with van der Waals surface area (Å²) in [6.07, 6.45) is 0.748. The number of carboxylic acids is 1. The van der Waals surface area contributed by atoms with Crippen molar-refractivity contribution in [1.29, 1.82) is 0 Å². The van der Waals surface area contributed by atoms with Gasteiger partial charge in [0.25, 0.3) is 0 Å². The second-order valence-corrected chi connectivity index (χ2v) is 7.70. The first-order valence-electron chi connectivity index (χ1n) is 6.33. The molecular weight excluding hydrogens is 316 g/mol. The zero-order valence-electron chi connectivity index (χ0n) is 11.2. The van der Waals surface area contributed by atoms with Gasteiger partial charge < -0.3 is 10.0 Å². The first-order valence-corrected chi connectivity index (χ1v) is 8.93. The molecule has 0 radical (unpaired) electrons. The number of primary sulfonamides is 1. The third-order valence-corrected chi connectivity index (χ3v) is 5.23. The number of amides is 1. The third kappa shape index (κ3) is 4.51. The van der Waals surface area contributed by atoms with E-state index in [1.165, 1.54) is 6.07 Å². The lowest BCUT2D eigenvalue weighted by Gasteiger charge is -2.16. The lowest BCUT2D eigenvalue weighted by Crippen LogP contribution is -2.31. The van der Waals surface area contributed by atoms with Crippen molar-refractivity contribution in [1.82, 2.24) is 4.90 Å². The van der Waals surface area contributed by atoms with Gasteiger partial charge >= 0.3 is 5.97 Å². The summed E-state index contributed by atoms with van der Waals surface area (Å²) in [6.45, 7) is 0.889. The Morgan fingerprint density at radius 1 is 1.48 bits per heavy atom. The molecule has 21 heavy (non-hydrogen) atoms. The fourth-order valence-corrected chi connectivity index (χ4v) is 4.07. The normalized spacial score (nSPS) is 18.9. The molecule has 1 aromatic heterocycles. The van der Waals surface area contributed by atoms with Gasteiger partial charge in [-0.05, 0) is 29.3 Å². The molecule has 1 fully saturated rings. The maximum atomic E-state index is 12.1. The van der Waals surface area contributed by atoms with Crippen LogP contribution in [0.25, 0.3) is 0 Å². The van der Waals surface area contributed by atoms with E-state index in [-0.39, 0.29) is 28.9 Å². The van der Waals surface area contributed by atoms with Gasteiger partial charge in [0.15, 0.2) is 0 Å². The van der Waals surface area contributed by atoms with Gasteiger partial charge in [-0.25, -0.2) is 18.4 Å². The van der Waals surface area contributed by atoms with Gasteiger partial charge in [0.1, 0.15) is 4.88 Å². The zero-order valence-corrected chi connectivity index (χ0v) is 12.8. The molecule has 0 aromatic carbocycles. The van der Waals surface area contributed by atoms with E-state index in [1.54, 1.807) is 10.3 Å². The highest BCUT2D eigenvalue weighted by atomic mass is 32.2. The van der Waals surface area contributed by atoms with Crippen molar-refractivity contribution in [3.8, 4) is 0 Å². The minimum absolute atomic E-state index is 0.113. The summed E-state index contributed by atoms with van der Waals surface area (Å²) in [6, 6.07) is 1.49. The number of nitrogens with zero attached hydrogens (tertiary/aromatic N) is 1. The first-order chi connectivity index (χ1) is 9.74. The van der Waals surface area contributed by atoms with Crippen LogP contribution in [0.5, 0.6) is 0 Å². The summed E-state index contributed by atoms with van der Waals surface area (Å²) in [5.41, 5.74) is 0.664. The summed E-state index contributed by atoms with van der Waals surface area (Å²) < 4.78 is 22.1. The fraction of sp³-hybridized carbons (Fsp3) is 0.500. The number of thiophene rings is 1. The van der Waals surface area contributed by atoms with Crippen molar-refractivity contribution in [3.05, 3.63) is 21.9 Å². The van der Waals surface area contributed by atoms with Crippen LogP contribution in [0.4, 0.5) is 0 Å². The minimum atomic E-state index is -3.52. The van der Waals surface area contributed by atoms with Gasteiger partial charge in [-0.3, -0.25) is 4.79 Å². The molecule has 0 saturated carbocycles. The van der Waals surface area contributed by atoms with E-state index < -0.39 is 16.0 Å². The van der Waals surface area contributed by atoms with E-state index in [0.717, 1.165) is 11.3 Å². The van der Waals surface area contributed by atoms with Crippen LogP contribution in [-0.2, 0) is 21.2 Å². The first kappa shape index (κ1) is 15.9. The molecule has 7 nitrogen and oxygen atoms in total. The summed E-state index contributed by atoms with van der Waals surface area (Å²) in [7, 11) is -3.52. The molecule has 1 aliphatic heterocycles. The van der Waals surface area contributed by atoms with Crippen LogP contribution in [0, 0.1) is 5.92 Å². The van der Waals surface area contributed by atoms with Crippen LogP contribution in [0.15, 0.2) is 11.4 Å². The van der Waals surface area contributed by atoms with Gasteiger partial charge in [-0.15, -0.1) is 11.3 Å². The molecule has 1 aromatic rings. The standard InChI is InChI=1S/C12H16N2O5S2/c13-21(18,19)7-8-1-2-14(5-8)11(15)4-9-3-10(12(16)17)20-6-9/h3,6,8H,1-2,4-5,7H2,(H,16,17)(H2,13,18,19). The highest BCUT2D eigenvalue weighted by Gasteiger charge is 2.28. The second-order valence-electron chi connectivity index (χ2n) is 5.13. The molecule has 1 amide bonds. The Kier molecular flexibility index (Phi) is 4.64. The molecule has 0 aliphatic carbocycles. The number of likely N-dealkylation sites (tertiary alicyclic amines) is 1. The molecule has 2 rings (SSSR count). The molecular formula is C12H16N2O5S2. The minimum Gasteiger partial charge on any atom is -0.477 e. The number of rotatable bonds is 5. The Labute approximate surface area is 126 Å². The molecule has 3 N–H and O–H groups in total. The van der Waals surface area contributed by atoms with Crippen molar-refractivity contribution in [2.24, 2.45) is 11.1 Å². The number of carboxylic acid groups (broad SMARTS) is 1. The number of hydrogen-bond donors (Lipinski definition) is 2. The third-order valence-electron chi connectivity index (χ3n) is 3.33. The Morgan fingerprint density at radius 3 is 2.76 bits per heavy atom. The molecule has 2 heterocycles. The monoisotopic (exact) mass is 332 g/mol. The van der Waals surface area contributed by atoms with Crippen LogP contribution >= 0.6 is 11.3 Å². The van der Waals surface area contributed by atoms with Gasteiger partial charge in [0.2, 0.25) is 15.9 Å². The van der Waals surface area contributed by atoms with E-state index in [2.05, 4.69) is 0 Å². The lowest BCUT2D eigenvalue weighted by molar-refractivity contribution is -0.129. The summed E-state index contributed by atoms with van der Waals surface area (Å²) >= 11 is 1.08. The van der Waals surface area contributed by atoms with Gasteiger partial charge in [-0.2, -0.15) is 0 Å². The predicted molar refractivity (Wildman–Crippen MR) is 77.6 cm³/mol. The SMILES string of the molecule is NS(=O)(=O)CC1CCN(C(=O)Cc2csc(C(=O)O)c2)C1. The van der Waals surface area contributed by atoms with Gasteiger partial charge in [0.05, 0.1) is 12.2 Å². The maximum absolute atomic E-state index is 12.1. The Hall–Kier alpha value is -1.45. The van der Waals surface area contributed by atoms with Crippen LogP contribution in [0.3, 0.4) is 0 Å². The van der Waals surface area contributed by atoms with Crippen LogP contribution in [-0.4, -0.2) is 49.1 Å². The number of carbonyl (C=O) groups excluding carboxylic acids is 1. The van der Waals surface area contributed by atoms with E-state index in [4.69, 9.17) is 10.2 Å². The van der Waals surface area contributed by atoms with Crippen LogP contribution < -0.4 is 5.14 Å². The van der Waals surface area contributed by atoms with Gasteiger partial charge in [0, 0.05) is 13.1 Å².